The Hall–Kier alpha value is -3.34. The highest BCUT2D eigenvalue weighted by atomic mass is 127. The second-order valence-corrected chi connectivity index (χ2v) is 8.56. The maximum atomic E-state index is 9.04. The van der Waals surface area contributed by atoms with E-state index in [1.54, 1.807) is 41.5 Å². The quantitative estimate of drug-likeness (QED) is 0.0849. The summed E-state index contributed by atoms with van der Waals surface area (Å²) in [7, 11) is 0. The lowest BCUT2D eigenvalue weighted by Gasteiger charge is -1.99. The van der Waals surface area contributed by atoms with Crippen molar-refractivity contribution in [2.45, 2.75) is 0 Å². The van der Waals surface area contributed by atoms with Gasteiger partial charge in [-0.3, -0.25) is 5.10 Å². The number of para-hydroxylation sites is 1. The zero-order valence-corrected chi connectivity index (χ0v) is 22.0. The first-order valence-corrected chi connectivity index (χ1v) is 11.9. The van der Waals surface area contributed by atoms with Crippen LogP contribution in [0.15, 0.2) is 115 Å². The molecule has 0 bridgehead atoms. The number of oxime groups is 1. The Morgan fingerprint density at radius 1 is 0.886 bits per heavy atom. The monoisotopic (exact) mass is 621 g/mol. The second kappa shape index (κ2) is 16.3. The van der Waals surface area contributed by atoms with Crippen LogP contribution in [0.4, 0.5) is 0 Å². The van der Waals surface area contributed by atoms with Crippen LogP contribution in [0.5, 0.6) is 5.75 Å². The normalized spacial score (nSPS) is 9.69. The number of nitrogens with one attached hydrogen (secondary N) is 1. The molecular weight excluding hydrogens is 600 g/mol. The Morgan fingerprint density at radius 3 is 2.11 bits per heavy atom. The van der Waals surface area contributed by atoms with Crippen molar-refractivity contribution >= 4 is 52.0 Å². The lowest BCUT2D eigenvalue weighted by Crippen LogP contribution is -1.92. The van der Waals surface area contributed by atoms with Gasteiger partial charge in [0.2, 0.25) is 0 Å². The minimum atomic E-state index is 0.111. The first-order valence-electron chi connectivity index (χ1n) is 10.1. The molecule has 7 nitrogen and oxygen atoms in total. The third-order valence-electron chi connectivity index (χ3n) is 3.90. The molecule has 2 heterocycles. The summed E-state index contributed by atoms with van der Waals surface area (Å²) < 4.78 is 2.95. The second-order valence-electron chi connectivity index (χ2n) is 6.44. The highest BCUT2D eigenvalue weighted by molar-refractivity contribution is 14.1. The number of nitrogens with zero attached hydrogens (tertiary/aromatic N) is 4. The maximum absolute atomic E-state index is 9.04. The van der Waals surface area contributed by atoms with Crippen molar-refractivity contribution < 1.29 is 10.3 Å². The molecule has 0 fully saturated rings. The van der Waals surface area contributed by atoms with Crippen LogP contribution < -0.4 is 0 Å². The van der Waals surface area contributed by atoms with Crippen molar-refractivity contribution in [3.05, 3.63) is 129 Å². The fraction of sp³-hybridized carbons (Fsp3) is 0. The van der Waals surface area contributed by atoms with Gasteiger partial charge in [0, 0.05) is 44.0 Å². The molecule has 0 unspecified atom stereocenters. The smallest absolute Gasteiger partial charge is 0.124 e. The van der Waals surface area contributed by atoms with Gasteiger partial charge in [-0.25, -0.2) is 4.68 Å². The Balaban J connectivity index is 0.000000171. The molecule has 0 saturated carbocycles. The molecule has 0 saturated heterocycles. The standard InChI is InChI=1S/C9H7ClN2.C7H7NO2.C6H4ClI.C3H4N2/c10-8-3-1-4-9(7-8)12-6-2-5-11-12;9-7-4-2-1-3-6(7)5-8-10;7-5-2-1-3-6(8)4-5;1-2-4-5-3-1/h1-7H;1-5,9-10H;1-4H;1-3H,(H,4,5)/b;8-5+;;. The summed E-state index contributed by atoms with van der Waals surface area (Å²) in [6, 6.07) is 25.6. The Kier molecular flexibility index (Phi) is 13.0. The number of aromatic hydroxyl groups is 1. The number of halogens is 3. The number of phenolic OH excluding ortho intramolecular Hbond substituents is 1. The van der Waals surface area contributed by atoms with E-state index in [1.165, 1.54) is 15.9 Å². The molecule has 0 amide bonds. The van der Waals surface area contributed by atoms with Crippen LogP contribution in [0.25, 0.3) is 5.69 Å². The summed E-state index contributed by atoms with van der Waals surface area (Å²) in [5.41, 5.74) is 1.48. The fourth-order valence-corrected chi connectivity index (χ4v) is 3.48. The molecule has 3 N–H and O–H groups in total. The average Bonchev–Trinajstić information content (AvgIpc) is 3.59. The van der Waals surface area contributed by atoms with Crippen molar-refractivity contribution in [2.24, 2.45) is 5.16 Å². The van der Waals surface area contributed by atoms with Crippen LogP contribution in [0.1, 0.15) is 5.56 Å². The van der Waals surface area contributed by atoms with Gasteiger partial charge in [0.1, 0.15) is 5.75 Å². The van der Waals surface area contributed by atoms with Gasteiger partial charge in [-0.15, -0.1) is 0 Å². The highest BCUT2D eigenvalue weighted by Crippen LogP contribution is 2.14. The summed E-state index contributed by atoms with van der Waals surface area (Å²) in [6.45, 7) is 0. The minimum Gasteiger partial charge on any atom is -0.507 e. The molecule has 0 spiro atoms. The van der Waals surface area contributed by atoms with Gasteiger partial charge in [0.25, 0.3) is 0 Å². The van der Waals surface area contributed by atoms with Gasteiger partial charge in [-0.1, -0.05) is 52.6 Å². The lowest BCUT2D eigenvalue weighted by molar-refractivity contribution is 0.321. The van der Waals surface area contributed by atoms with Crippen molar-refractivity contribution in [1.82, 2.24) is 20.0 Å². The summed E-state index contributed by atoms with van der Waals surface area (Å²) in [6.07, 6.45) is 8.25. The molecule has 5 aromatic rings. The van der Waals surface area contributed by atoms with Gasteiger partial charge in [-0.2, -0.15) is 10.2 Å². The van der Waals surface area contributed by atoms with Crippen molar-refractivity contribution in [2.75, 3.05) is 0 Å². The minimum absolute atomic E-state index is 0.111. The average molecular weight is 622 g/mol. The fourth-order valence-electron chi connectivity index (χ4n) is 2.37. The molecule has 180 valence electrons. The van der Waals surface area contributed by atoms with Crippen LogP contribution in [0.2, 0.25) is 10.0 Å². The third-order valence-corrected chi connectivity index (χ3v) is 5.04. The Bertz CT molecular complexity index is 1230. The number of phenols is 1. The van der Waals surface area contributed by atoms with E-state index in [-0.39, 0.29) is 5.75 Å². The third kappa shape index (κ3) is 11.6. The molecule has 0 radical (unpaired) electrons. The predicted molar refractivity (Wildman–Crippen MR) is 149 cm³/mol. The van der Waals surface area contributed by atoms with E-state index in [9.17, 15) is 0 Å². The summed E-state index contributed by atoms with van der Waals surface area (Å²) in [5, 5.41) is 31.7. The molecule has 0 aliphatic rings. The highest BCUT2D eigenvalue weighted by Gasteiger charge is 1.95. The van der Waals surface area contributed by atoms with E-state index in [2.05, 4.69) is 43.0 Å². The maximum Gasteiger partial charge on any atom is 0.124 e. The van der Waals surface area contributed by atoms with Crippen LogP contribution in [0, 0.1) is 3.57 Å². The summed E-state index contributed by atoms with van der Waals surface area (Å²) in [5.74, 6) is 0.111. The van der Waals surface area contributed by atoms with Crippen molar-refractivity contribution in [1.29, 1.82) is 0 Å². The van der Waals surface area contributed by atoms with Gasteiger partial charge >= 0.3 is 0 Å². The zero-order chi connectivity index (χ0) is 25.3. The van der Waals surface area contributed by atoms with Crippen LogP contribution in [0.3, 0.4) is 0 Å². The molecule has 2 aromatic heterocycles. The Morgan fingerprint density at radius 2 is 1.63 bits per heavy atom. The van der Waals surface area contributed by atoms with Gasteiger partial charge < -0.3 is 10.3 Å². The van der Waals surface area contributed by atoms with Crippen LogP contribution in [-0.2, 0) is 0 Å². The van der Waals surface area contributed by atoms with E-state index >= 15 is 0 Å². The van der Waals surface area contributed by atoms with E-state index in [1.807, 2.05) is 66.9 Å². The molecule has 0 atom stereocenters. The molecule has 3 aromatic carbocycles. The summed E-state index contributed by atoms with van der Waals surface area (Å²) in [4.78, 5) is 0. The first kappa shape index (κ1) is 27.9. The first-order chi connectivity index (χ1) is 17.0. The van der Waals surface area contributed by atoms with E-state index < -0.39 is 0 Å². The topological polar surface area (TPSA) is 99.3 Å². The SMILES string of the molecule is Clc1cccc(-n2cccn2)c1.Clc1cccc(I)c1.O/N=C/c1ccccc1O.c1cn[nH]c1. The summed E-state index contributed by atoms with van der Waals surface area (Å²) >= 11 is 13.7. The predicted octanol–water partition coefficient (Wildman–Crippen LogP) is 7.08. The van der Waals surface area contributed by atoms with Gasteiger partial charge in [-0.05, 0) is 83.3 Å². The largest absolute Gasteiger partial charge is 0.507 e. The molecule has 0 aliphatic carbocycles. The van der Waals surface area contributed by atoms with Crippen LogP contribution >= 0.6 is 45.8 Å². The van der Waals surface area contributed by atoms with E-state index in [0.29, 0.717) is 5.56 Å². The lowest BCUT2D eigenvalue weighted by atomic mass is 10.2. The number of aromatic nitrogens is 4. The number of hydrogen-bond donors (Lipinski definition) is 3. The number of aromatic amines is 1. The molecule has 35 heavy (non-hydrogen) atoms. The van der Waals surface area contributed by atoms with Crippen molar-refractivity contribution in [3.63, 3.8) is 0 Å². The van der Waals surface area contributed by atoms with Crippen LogP contribution in [-0.4, -0.2) is 36.5 Å². The number of rotatable bonds is 2. The molecular formula is C25H22Cl2IN5O2. The van der Waals surface area contributed by atoms with E-state index in [4.69, 9.17) is 33.5 Å². The van der Waals surface area contributed by atoms with Crippen molar-refractivity contribution in [3.8, 4) is 11.4 Å². The number of benzene rings is 3. The molecule has 5 rings (SSSR count). The van der Waals surface area contributed by atoms with Gasteiger partial charge in [0.15, 0.2) is 0 Å². The Labute approximate surface area is 226 Å². The molecule has 0 aliphatic heterocycles. The molecule has 10 heteroatoms. The number of hydrogen-bond acceptors (Lipinski definition) is 5. The van der Waals surface area contributed by atoms with E-state index in [0.717, 1.165) is 15.7 Å². The zero-order valence-electron chi connectivity index (χ0n) is 18.3. The number of H-pyrrole nitrogens is 1. The van der Waals surface area contributed by atoms with Gasteiger partial charge in [0.05, 0.1) is 11.9 Å².